The van der Waals surface area contributed by atoms with Crippen LogP contribution in [0.4, 0.5) is 0 Å². The number of hydrogen-bond acceptors (Lipinski definition) is 2. The third-order valence-electron chi connectivity index (χ3n) is 5.08. The Balaban J connectivity index is 2.11. The maximum Gasteiger partial charge on any atom is 0.110 e. The summed E-state index contributed by atoms with van der Waals surface area (Å²) in [5.74, 6) is 0. The van der Waals surface area contributed by atoms with Gasteiger partial charge in [-0.2, -0.15) is 0 Å². The first kappa shape index (κ1) is 13.7. The molecule has 2 heteroatoms. The Morgan fingerprint density at radius 1 is 0.667 bits per heavy atom. The lowest BCUT2D eigenvalue weighted by Crippen LogP contribution is -2.20. The fraction of sp³-hybridized carbons (Fsp3) is 0.0909. The number of benzene rings is 4. The molecule has 1 aliphatic rings. The second-order valence-corrected chi connectivity index (χ2v) is 6.38. The van der Waals surface area contributed by atoms with Crippen LogP contribution in [0.2, 0.25) is 0 Å². The molecular formula is C22H16O2. The molecule has 116 valence electrons. The Labute approximate surface area is 139 Å². The average molecular weight is 312 g/mol. The van der Waals surface area contributed by atoms with Crippen molar-refractivity contribution in [1.82, 2.24) is 0 Å². The predicted octanol–water partition coefficient (Wildman–Crippen LogP) is 4.57. The first-order valence-corrected chi connectivity index (χ1v) is 8.16. The van der Waals surface area contributed by atoms with Crippen LogP contribution in [-0.4, -0.2) is 16.3 Å². The molecular weight excluding hydrogens is 296 g/mol. The Morgan fingerprint density at radius 3 is 2.21 bits per heavy atom. The molecule has 2 N–H and O–H groups in total. The van der Waals surface area contributed by atoms with Crippen LogP contribution < -0.4 is 0 Å². The van der Waals surface area contributed by atoms with Gasteiger partial charge in [0, 0.05) is 0 Å². The summed E-state index contributed by atoms with van der Waals surface area (Å²) in [6.45, 7) is 0. The van der Waals surface area contributed by atoms with Gasteiger partial charge in [0.2, 0.25) is 0 Å². The minimum Gasteiger partial charge on any atom is -0.386 e. The van der Waals surface area contributed by atoms with E-state index in [9.17, 15) is 10.2 Å². The zero-order valence-electron chi connectivity index (χ0n) is 13.0. The number of rotatable bonds is 0. The highest BCUT2D eigenvalue weighted by atomic mass is 16.3. The lowest BCUT2D eigenvalue weighted by molar-refractivity contribution is 0.0481. The molecule has 0 aliphatic heterocycles. The summed E-state index contributed by atoms with van der Waals surface area (Å²) < 4.78 is 0. The van der Waals surface area contributed by atoms with Gasteiger partial charge in [-0.1, -0.05) is 72.8 Å². The van der Waals surface area contributed by atoms with Crippen molar-refractivity contribution in [1.29, 1.82) is 0 Å². The molecule has 0 unspecified atom stereocenters. The first-order valence-electron chi connectivity index (χ1n) is 8.16. The van der Waals surface area contributed by atoms with Crippen LogP contribution >= 0.6 is 0 Å². The van der Waals surface area contributed by atoms with Crippen LogP contribution in [0.15, 0.2) is 66.7 Å². The van der Waals surface area contributed by atoms with Crippen molar-refractivity contribution in [2.75, 3.05) is 0 Å². The van der Waals surface area contributed by atoms with Crippen molar-refractivity contribution in [3.63, 3.8) is 0 Å². The molecule has 0 saturated carbocycles. The molecule has 0 heterocycles. The van der Waals surface area contributed by atoms with Crippen LogP contribution in [0, 0.1) is 0 Å². The number of aliphatic hydroxyl groups excluding tert-OH is 2. The zero-order valence-corrected chi connectivity index (χ0v) is 13.0. The maximum absolute atomic E-state index is 10.6. The monoisotopic (exact) mass is 312 g/mol. The second-order valence-electron chi connectivity index (χ2n) is 6.38. The van der Waals surface area contributed by atoms with Crippen molar-refractivity contribution in [3.05, 3.63) is 77.9 Å². The minimum absolute atomic E-state index is 0.823. The molecule has 2 nitrogen and oxygen atoms in total. The van der Waals surface area contributed by atoms with Gasteiger partial charge in [0.05, 0.1) is 0 Å². The summed E-state index contributed by atoms with van der Waals surface area (Å²) in [4.78, 5) is 0. The van der Waals surface area contributed by atoms with Gasteiger partial charge in [-0.3, -0.25) is 0 Å². The van der Waals surface area contributed by atoms with E-state index in [1.807, 2.05) is 24.3 Å². The maximum atomic E-state index is 10.6. The summed E-state index contributed by atoms with van der Waals surface area (Å²) in [7, 11) is 0. The molecule has 0 fully saturated rings. The van der Waals surface area contributed by atoms with Gasteiger partial charge in [0.25, 0.3) is 0 Å². The van der Waals surface area contributed by atoms with E-state index in [2.05, 4.69) is 42.5 Å². The zero-order chi connectivity index (χ0) is 16.3. The molecule has 2 atom stereocenters. The van der Waals surface area contributed by atoms with E-state index in [4.69, 9.17) is 0 Å². The lowest BCUT2D eigenvalue weighted by atomic mass is 9.83. The highest BCUT2D eigenvalue weighted by Gasteiger charge is 2.26. The minimum atomic E-state index is -0.897. The van der Waals surface area contributed by atoms with Crippen molar-refractivity contribution < 1.29 is 10.2 Å². The third kappa shape index (κ3) is 1.72. The van der Waals surface area contributed by atoms with Crippen LogP contribution in [0.3, 0.4) is 0 Å². The number of aliphatic hydroxyl groups is 2. The molecule has 0 bridgehead atoms. The first-order chi connectivity index (χ1) is 11.8. The third-order valence-corrected chi connectivity index (χ3v) is 5.08. The highest BCUT2D eigenvalue weighted by Crippen LogP contribution is 2.42. The van der Waals surface area contributed by atoms with Crippen LogP contribution in [-0.2, 0) is 0 Å². The summed E-state index contributed by atoms with van der Waals surface area (Å²) >= 11 is 0. The fourth-order valence-electron chi connectivity index (χ4n) is 3.98. The van der Waals surface area contributed by atoms with Gasteiger partial charge in [-0.25, -0.2) is 0 Å². The van der Waals surface area contributed by atoms with E-state index in [0.29, 0.717) is 0 Å². The molecule has 0 saturated heterocycles. The van der Waals surface area contributed by atoms with Crippen molar-refractivity contribution in [3.8, 4) is 0 Å². The number of hydrogen-bond donors (Lipinski definition) is 2. The Bertz CT molecular complexity index is 1140. The van der Waals surface area contributed by atoms with Gasteiger partial charge in [0.1, 0.15) is 12.2 Å². The van der Waals surface area contributed by atoms with Crippen LogP contribution in [0.25, 0.3) is 38.4 Å². The second kappa shape index (κ2) is 4.91. The average Bonchev–Trinajstić information content (AvgIpc) is 2.63. The molecule has 0 aromatic heterocycles. The quantitative estimate of drug-likeness (QED) is 0.467. The molecule has 4 aromatic carbocycles. The van der Waals surface area contributed by atoms with Crippen molar-refractivity contribution >= 4 is 38.4 Å². The van der Waals surface area contributed by atoms with Gasteiger partial charge < -0.3 is 10.2 Å². The smallest absolute Gasteiger partial charge is 0.110 e. The van der Waals surface area contributed by atoms with Gasteiger partial charge in [-0.15, -0.1) is 0 Å². The SMILES string of the molecule is O[C@H]1C=Cc2c(c3ccccc3c3c2ccc2ccccc23)[C@@H]1O. The Morgan fingerprint density at radius 2 is 1.38 bits per heavy atom. The molecule has 0 radical (unpaired) electrons. The van der Waals surface area contributed by atoms with E-state index in [-0.39, 0.29) is 0 Å². The van der Waals surface area contributed by atoms with E-state index in [1.165, 1.54) is 16.2 Å². The van der Waals surface area contributed by atoms with Crippen molar-refractivity contribution in [2.45, 2.75) is 12.2 Å². The van der Waals surface area contributed by atoms with Crippen LogP contribution in [0.5, 0.6) is 0 Å². The Kier molecular flexibility index (Phi) is 2.81. The summed E-state index contributed by atoms with van der Waals surface area (Å²) in [5.41, 5.74) is 1.83. The highest BCUT2D eigenvalue weighted by molar-refractivity contribution is 6.23. The summed E-state index contributed by atoms with van der Waals surface area (Å²) in [6, 6.07) is 20.8. The van der Waals surface area contributed by atoms with E-state index >= 15 is 0 Å². The van der Waals surface area contributed by atoms with E-state index < -0.39 is 12.2 Å². The van der Waals surface area contributed by atoms with Gasteiger partial charge in [-0.05, 0) is 43.4 Å². The molecule has 24 heavy (non-hydrogen) atoms. The lowest BCUT2D eigenvalue weighted by Gasteiger charge is -2.26. The summed E-state index contributed by atoms with van der Waals surface area (Å²) in [6.07, 6.45) is 1.86. The molecule has 4 aromatic rings. The molecule has 1 aliphatic carbocycles. The van der Waals surface area contributed by atoms with E-state index in [0.717, 1.165) is 27.3 Å². The fourth-order valence-corrected chi connectivity index (χ4v) is 3.98. The number of fused-ring (bicyclic) bond motifs is 8. The molecule has 5 rings (SSSR count). The van der Waals surface area contributed by atoms with Gasteiger partial charge >= 0.3 is 0 Å². The standard InChI is InChI=1S/C22H16O2/c23-19-12-11-18-17-10-9-13-5-1-2-6-14(13)20(17)15-7-3-4-8-16(15)21(18)22(19)24/h1-12,19,22-24H/t19-,22+/m0/s1. The van der Waals surface area contributed by atoms with Crippen molar-refractivity contribution in [2.24, 2.45) is 0 Å². The predicted molar refractivity (Wildman–Crippen MR) is 99.0 cm³/mol. The normalized spacial score (nSPS) is 19.9. The summed E-state index contributed by atoms with van der Waals surface area (Å²) in [5, 5.41) is 27.5. The largest absolute Gasteiger partial charge is 0.386 e. The Hall–Kier alpha value is -2.68. The van der Waals surface area contributed by atoms with Crippen LogP contribution in [0.1, 0.15) is 17.2 Å². The van der Waals surface area contributed by atoms with E-state index in [1.54, 1.807) is 6.08 Å². The molecule has 0 amide bonds. The van der Waals surface area contributed by atoms with Gasteiger partial charge in [0.15, 0.2) is 0 Å². The topological polar surface area (TPSA) is 40.5 Å². The molecule has 0 spiro atoms.